The van der Waals surface area contributed by atoms with Crippen LogP contribution in [0.15, 0.2) is 24.3 Å². The zero-order chi connectivity index (χ0) is 13.0. The minimum absolute atomic E-state index is 0.199. The van der Waals surface area contributed by atoms with Crippen molar-refractivity contribution < 1.29 is 9.47 Å². The van der Waals surface area contributed by atoms with E-state index in [2.05, 4.69) is 19.1 Å². The summed E-state index contributed by atoms with van der Waals surface area (Å²) in [5, 5.41) is 0. The average Bonchev–Trinajstić information content (AvgIpc) is 2.40. The van der Waals surface area contributed by atoms with E-state index < -0.39 is 0 Å². The maximum atomic E-state index is 6.48. The molecule has 18 heavy (non-hydrogen) atoms. The normalized spacial score (nSPS) is 23.4. The van der Waals surface area contributed by atoms with Crippen LogP contribution in [0.1, 0.15) is 25.3 Å². The standard InChI is InChI=1S/C15H23NO2/c1-15(16,13-4-3-9-18-11-13)10-12-5-7-14(17-2)8-6-12/h5-8,13H,3-4,9-11,16H2,1-2H3. The van der Waals surface area contributed by atoms with Gasteiger partial charge in [-0.1, -0.05) is 12.1 Å². The number of hydrogen-bond donors (Lipinski definition) is 1. The molecule has 2 rings (SSSR count). The Bertz CT molecular complexity index is 367. The topological polar surface area (TPSA) is 44.5 Å². The Labute approximate surface area is 109 Å². The van der Waals surface area contributed by atoms with Gasteiger partial charge < -0.3 is 15.2 Å². The molecule has 0 spiro atoms. The number of rotatable bonds is 4. The summed E-state index contributed by atoms with van der Waals surface area (Å²) in [4.78, 5) is 0. The molecule has 100 valence electrons. The zero-order valence-corrected chi connectivity index (χ0v) is 11.3. The molecule has 1 aromatic carbocycles. The number of benzene rings is 1. The predicted molar refractivity (Wildman–Crippen MR) is 72.8 cm³/mol. The van der Waals surface area contributed by atoms with Gasteiger partial charge in [-0.2, -0.15) is 0 Å². The van der Waals surface area contributed by atoms with Crippen molar-refractivity contribution in [2.45, 2.75) is 31.7 Å². The lowest BCUT2D eigenvalue weighted by Gasteiger charge is -2.36. The van der Waals surface area contributed by atoms with Gasteiger partial charge in [-0.25, -0.2) is 0 Å². The van der Waals surface area contributed by atoms with Crippen LogP contribution in [-0.4, -0.2) is 25.9 Å². The fourth-order valence-electron chi connectivity index (χ4n) is 2.59. The second-order valence-electron chi connectivity index (χ2n) is 5.44. The molecule has 0 bridgehead atoms. The highest BCUT2D eigenvalue weighted by atomic mass is 16.5. The molecule has 0 aliphatic carbocycles. The predicted octanol–water partition coefficient (Wildman–Crippen LogP) is 2.38. The first-order valence-electron chi connectivity index (χ1n) is 6.61. The maximum absolute atomic E-state index is 6.48. The van der Waals surface area contributed by atoms with E-state index in [0.717, 1.165) is 31.8 Å². The Balaban J connectivity index is 2.01. The summed E-state index contributed by atoms with van der Waals surface area (Å²) in [5.74, 6) is 1.34. The van der Waals surface area contributed by atoms with E-state index in [-0.39, 0.29) is 5.54 Å². The van der Waals surface area contributed by atoms with Crippen LogP contribution in [0.2, 0.25) is 0 Å². The quantitative estimate of drug-likeness (QED) is 0.891. The van der Waals surface area contributed by atoms with Gasteiger partial charge in [0.15, 0.2) is 0 Å². The molecule has 3 nitrogen and oxygen atoms in total. The molecule has 1 saturated heterocycles. The minimum Gasteiger partial charge on any atom is -0.497 e. The number of methoxy groups -OCH3 is 1. The molecular weight excluding hydrogens is 226 g/mol. The second kappa shape index (κ2) is 5.72. The van der Waals surface area contributed by atoms with Crippen molar-refractivity contribution in [2.75, 3.05) is 20.3 Å². The van der Waals surface area contributed by atoms with Gasteiger partial charge in [-0.3, -0.25) is 0 Å². The molecule has 2 N–H and O–H groups in total. The Morgan fingerprint density at radius 2 is 2.11 bits per heavy atom. The molecule has 2 unspecified atom stereocenters. The third kappa shape index (κ3) is 3.24. The van der Waals surface area contributed by atoms with Crippen molar-refractivity contribution in [1.82, 2.24) is 0 Å². The number of hydrogen-bond acceptors (Lipinski definition) is 3. The smallest absolute Gasteiger partial charge is 0.118 e. The first-order valence-corrected chi connectivity index (χ1v) is 6.61. The van der Waals surface area contributed by atoms with Crippen LogP contribution in [0.5, 0.6) is 5.75 Å². The molecule has 2 atom stereocenters. The SMILES string of the molecule is COc1ccc(CC(C)(N)C2CCCOC2)cc1. The van der Waals surface area contributed by atoms with Gasteiger partial charge in [0.05, 0.1) is 13.7 Å². The van der Waals surface area contributed by atoms with E-state index >= 15 is 0 Å². The summed E-state index contributed by atoms with van der Waals surface area (Å²) >= 11 is 0. The molecule has 0 aromatic heterocycles. The Morgan fingerprint density at radius 3 is 2.67 bits per heavy atom. The van der Waals surface area contributed by atoms with Gasteiger partial charge in [0.2, 0.25) is 0 Å². The summed E-state index contributed by atoms with van der Waals surface area (Å²) in [7, 11) is 1.68. The van der Waals surface area contributed by atoms with Crippen LogP contribution in [0.3, 0.4) is 0 Å². The molecule has 1 fully saturated rings. The van der Waals surface area contributed by atoms with E-state index in [1.54, 1.807) is 7.11 Å². The molecule has 0 saturated carbocycles. The third-order valence-electron chi connectivity index (χ3n) is 3.84. The first-order chi connectivity index (χ1) is 8.62. The van der Waals surface area contributed by atoms with Crippen LogP contribution in [-0.2, 0) is 11.2 Å². The lowest BCUT2D eigenvalue weighted by Crippen LogP contribution is -2.49. The van der Waals surface area contributed by atoms with Gasteiger partial charge in [0.1, 0.15) is 5.75 Å². The highest BCUT2D eigenvalue weighted by Crippen LogP contribution is 2.27. The van der Waals surface area contributed by atoms with Crippen LogP contribution in [0, 0.1) is 5.92 Å². The van der Waals surface area contributed by atoms with Gasteiger partial charge in [-0.15, -0.1) is 0 Å². The monoisotopic (exact) mass is 249 g/mol. The average molecular weight is 249 g/mol. The van der Waals surface area contributed by atoms with Gasteiger partial charge >= 0.3 is 0 Å². The minimum atomic E-state index is -0.199. The Morgan fingerprint density at radius 1 is 1.39 bits per heavy atom. The van der Waals surface area contributed by atoms with Gasteiger partial charge in [0.25, 0.3) is 0 Å². The summed E-state index contributed by atoms with van der Waals surface area (Å²) in [5.41, 5.74) is 7.54. The molecular formula is C15H23NO2. The van der Waals surface area contributed by atoms with Crippen LogP contribution in [0.4, 0.5) is 0 Å². The molecule has 1 heterocycles. The van der Waals surface area contributed by atoms with Crippen molar-refractivity contribution in [3.05, 3.63) is 29.8 Å². The van der Waals surface area contributed by atoms with E-state index in [9.17, 15) is 0 Å². The van der Waals surface area contributed by atoms with Crippen LogP contribution < -0.4 is 10.5 Å². The third-order valence-corrected chi connectivity index (χ3v) is 3.84. The highest BCUT2D eigenvalue weighted by molar-refractivity contribution is 5.28. The zero-order valence-electron chi connectivity index (χ0n) is 11.3. The van der Waals surface area contributed by atoms with E-state index in [4.69, 9.17) is 15.2 Å². The fourth-order valence-corrected chi connectivity index (χ4v) is 2.59. The maximum Gasteiger partial charge on any atom is 0.118 e. The van der Waals surface area contributed by atoms with E-state index in [0.29, 0.717) is 5.92 Å². The first kappa shape index (κ1) is 13.4. The summed E-state index contributed by atoms with van der Waals surface area (Å²) in [6, 6.07) is 8.16. The molecule has 0 radical (unpaired) electrons. The largest absolute Gasteiger partial charge is 0.497 e. The summed E-state index contributed by atoms with van der Waals surface area (Å²) in [6.45, 7) is 3.81. The summed E-state index contributed by atoms with van der Waals surface area (Å²) in [6.07, 6.45) is 3.17. The second-order valence-corrected chi connectivity index (χ2v) is 5.44. The van der Waals surface area contributed by atoms with Crippen molar-refractivity contribution >= 4 is 0 Å². The Hall–Kier alpha value is -1.06. The highest BCUT2D eigenvalue weighted by Gasteiger charge is 2.31. The van der Waals surface area contributed by atoms with Gasteiger partial charge in [-0.05, 0) is 43.9 Å². The Kier molecular flexibility index (Phi) is 4.25. The van der Waals surface area contributed by atoms with E-state index in [1.807, 2.05) is 12.1 Å². The van der Waals surface area contributed by atoms with Gasteiger partial charge in [0, 0.05) is 18.1 Å². The fraction of sp³-hybridized carbons (Fsp3) is 0.600. The number of ether oxygens (including phenoxy) is 2. The lowest BCUT2D eigenvalue weighted by molar-refractivity contribution is 0.0253. The van der Waals surface area contributed by atoms with Crippen molar-refractivity contribution in [3.8, 4) is 5.75 Å². The molecule has 1 aliphatic rings. The number of nitrogens with two attached hydrogens (primary N) is 1. The van der Waals surface area contributed by atoms with Crippen molar-refractivity contribution in [3.63, 3.8) is 0 Å². The lowest BCUT2D eigenvalue weighted by atomic mass is 9.78. The molecule has 3 heteroatoms. The van der Waals surface area contributed by atoms with Crippen LogP contribution in [0.25, 0.3) is 0 Å². The molecule has 1 aromatic rings. The molecule has 1 aliphatic heterocycles. The van der Waals surface area contributed by atoms with Crippen molar-refractivity contribution in [1.29, 1.82) is 0 Å². The van der Waals surface area contributed by atoms with E-state index in [1.165, 1.54) is 12.0 Å². The molecule has 0 amide bonds. The van der Waals surface area contributed by atoms with Crippen LogP contribution >= 0.6 is 0 Å². The van der Waals surface area contributed by atoms with Crippen molar-refractivity contribution in [2.24, 2.45) is 11.7 Å². The summed E-state index contributed by atoms with van der Waals surface area (Å²) < 4.78 is 10.7.